The molecule has 1 amide bonds. The molecule has 0 spiro atoms. The summed E-state index contributed by atoms with van der Waals surface area (Å²) in [5.74, 6) is -0.0237. The summed E-state index contributed by atoms with van der Waals surface area (Å²) in [6.45, 7) is 4.39. The molecule has 0 aromatic rings. The molecule has 0 radical (unpaired) electrons. The first-order chi connectivity index (χ1) is 29.2. The van der Waals surface area contributed by atoms with E-state index in [-0.39, 0.29) is 12.5 Å². The van der Waals surface area contributed by atoms with Crippen LogP contribution in [0.2, 0.25) is 0 Å². The fraction of sp³-hybridized carbons (Fsp3) is 0.982. The van der Waals surface area contributed by atoms with Crippen molar-refractivity contribution in [3.05, 3.63) is 0 Å². The lowest BCUT2D eigenvalue weighted by Gasteiger charge is -2.22. The maximum absolute atomic E-state index is 12.4. The highest BCUT2D eigenvalue weighted by molar-refractivity contribution is 5.76. The van der Waals surface area contributed by atoms with Gasteiger partial charge in [-0.15, -0.1) is 0 Å². The van der Waals surface area contributed by atoms with Crippen LogP contribution in [-0.4, -0.2) is 34.9 Å². The van der Waals surface area contributed by atoms with E-state index in [0.717, 1.165) is 25.7 Å². The smallest absolute Gasteiger partial charge is 0.220 e. The molecule has 0 aromatic carbocycles. The van der Waals surface area contributed by atoms with E-state index in [9.17, 15) is 15.0 Å². The van der Waals surface area contributed by atoms with Crippen molar-refractivity contribution in [1.29, 1.82) is 0 Å². The predicted molar refractivity (Wildman–Crippen MR) is 263 cm³/mol. The largest absolute Gasteiger partial charge is 0.394 e. The van der Waals surface area contributed by atoms with Crippen molar-refractivity contribution >= 4 is 5.91 Å². The number of unbranched alkanes of at least 4 members (excludes halogenated alkanes) is 45. The number of amides is 1. The van der Waals surface area contributed by atoms with E-state index < -0.39 is 12.1 Å². The van der Waals surface area contributed by atoms with Crippen LogP contribution in [0.25, 0.3) is 0 Å². The number of aliphatic hydroxyl groups excluding tert-OH is 2. The average Bonchev–Trinajstić information content (AvgIpc) is 3.24. The molecule has 0 aliphatic rings. The second kappa shape index (κ2) is 51.7. The molecule has 0 saturated heterocycles. The molecule has 0 rings (SSSR count). The number of nitrogens with one attached hydrogen (secondary N) is 1. The van der Waals surface area contributed by atoms with Crippen LogP contribution in [0, 0.1) is 0 Å². The minimum absolute atomic E-state index is 0.0237. The van der Waals surface area contributed by atoms with Crippen molar-refractivity contribution in [3.8, 4) is 0 Å². The summed E-state index contributed by atoms with van der Waals surface area (Å²) in [6, 6.07) is -0.530. The molecule has 0 aliphatic heterocycles. The van der Waals surface area contributed by atoms with Gasteiger partial charge in [0.25, 0.3) is 0 Å². The average molecular weight is 834 g/mol. The molecule has 0 unspecified atom stereocenters. The Morgan fingerprint density at radius 3 is 0.763 bits per heavy atom. The molecule has 3 N–H and O–H groups in total. The molecule has 4 heteroatoms. The van der Waals surface area contributed by atoms with Gasteiger partial charge in [-0.2, -0.15) is 0 Å². The Bertz CT molecular complexity index is 773. The molecule has 0 fully saturated rings. The highest BCUT2D eigenvalue weighted by atomic mass is 16.3. The molecule has 0 saturated carbocycles. The number of carbonyl (C=O) groups excluding carboxylic acids is 1. The zero-order valence-electron chi connectivity index (χ0n) is 40.8. The Balaban J connectivity index is 3.33. The number of hydrogen-bond donors (Lipinski definition) is 3. The number of hydrogen-bond acceptors (Lipinski definition) is 3. The highest BCUT2D eigenvalue weighted by Crippen LogP contribution is 2.18. The van der Waals surface area contributed by atoms with Crippen molar-refractivity contribution in [1.82, 2.24) is 5.32 Å². The molecule has 59 heavy (non-hydrogen) atoms. The minimum atomic E-state index is -0.653. The van der Waals surface area contributed by atoms with E-state index in [0.29, 0.717) is 12.8 Å². The summed E-state index contributed by atoms with van der Waals surface area (Å²) in [5.41, 5.74) is 0. The third-order valence-electron chi connectivity index (χ3n) is 13.4. The van der Waals surface area contributed by atoms with E-state index in [4.69, 9.17) is 0 Å². The fourth-order valence-corrected chi connectivity index (χ4v) is 9.13. The number of carbonyl (C=O) groups is 1. The second-order valence-corrected chi connectivity index (χ2v) is 19.4. The van der Waals surface area contributed by atoms with Gasteiger partial charge in [0.1, 0.15) is 0 Å². The first-order valence-corrected chi connectivity index (χ1v) is 27.7. The SMILES string of the molecule is CCCCCCCCCCCCCCCCCCCCCCCCCCCCCCCCCCCCC(=O)N[C@@H](CO)[C@H](O)CCCCCCCCCCCCCCC. The summed E-state index contributed by atoms with van der Waals surface area (Å²) in [7, 11) is 0. The van der Waals surface area contributed by atoms with Crippen LogP contribution in [-0.2, 0) is 4.79 Å². The topological polar surface area (TPSA) is 69.6 Å². The van der Waals surface area contributed by atoms with Crippen molar-refractivity contribution in [2.75, 3.05) is 6.61 Å². The second-order valence-electron chi connectivity index (χ2n) is 19.4. The van der Waals surface area contributed by atoms with Crippen molar-refractivity contribution in [3.63, 3.8) is 0 Å². The Morgan fingerprint density at radius 1 is 0.339 bits per heavy atom. The lowest BCUT2D eigenvalue weighted by Crippen LogP contribution is -2.45. The molecule has 4 nitrogen and oxygen atoms in total. The Morgan fingerprint density at radius 2 is 0.542 bits per heavy atom. The molecule has 0 aliphatic carbocycles. The zero-order chi connectivity index (χ0) is 42.8. The monoisotopic (exact) mass is 834 g/mol. The van der Waals surface area contributed by atoms with Crippen LogP contribution >= 0.6 is 0 Å². The summed E-state index contributed by atoms with van der Waals surface area (Å²) in [5, 5.41) is 23.2. The molecular formula is C55H111NO3. The third-order valence-corrected chi connectivity index (χ3v) is 13.4. The number of aliphatic hydroxyl groups is 2. The first kappa shape index (κ1) is 58.4. The highest BCUT2D eigenvalue weighted by Gasteiger charge is 2.20. The maximum atomic E-state index is 12.4. The van der Waals surface area contributed by atoms with Crippen LogP contribution < -0.4 is 5.32 Å². The number of rotatable bonds is 52. The van der Waals surface area contributed by atoms with Crippen LogP contribution in [0.3, 0.4) is 0 Å². The van der Waals surface area contributed by atoms with Gasteiger partial charge in [-0.25, -0.2) is 0 Å². The maximum Gasteiger partial charge on any atom is 0.220 e. The van der Waals surface area contributed by atoms with Crippen molar-refractivity contribution in [2.24, 2.45) is 0 Å². The minimum Gasteiger partial charge on any atom is -0.394 e. The standard InChI is InChI=1S/C55H111NO3/c1-3-5-7-9-11-13-15-17-18-19-20-21-22-23-24-25-26-27-28-29-30-31-32-33-34-35-36-37-39-41-43-45-47-49-51-55(59)56-53(52-57)54(58)50-48-46-44-42-40-38-16-14-12-10-8-6-4-2/h53-54,57-58H,3-52H2,1-2H3,(H,56,59)/t53-,54+/m0/s1. The molecule has 0 aromatic heterocycles. The van der Waals surface area contributed by atoms with Gasteiger partial charge in [-0.3, -0.25) is 4.79 Å². The predicted octanol–water partition coefficient (Wildman–Crippen LogP) is 18.0. The van der Waals surface area contributed by atoms with Crippen LogP contribution in [0.4, 0.5) is 0 Å². The van der Waals surface area contributed by atoms with E-state index in [2.05, 4.69) is 19.2 Å². The third kappa shape index (κ3) is 48.3. The Hall–Kier alpha value is -0.610. The lowest BCUT2D eigenvalue weighted by atomic mass is 10.0. The molecule has 354 valence electrons. The van der Waals surface area contributed by atoms with Gasteiger partial charge in [0, 0.05) is 6.42 Å². The summed E-state index contributed by atoms with van der Waals surface area (Å²) in [6.07, 6.45) is 65.3. The first-order valence-electron chi connectivity index (χ1n) is 27.7. The van der Waals surface area contributed by atoms with Gasteiger partial charge in [0.2, 0.25) is 5.91 Å². The van der Waals surface area contributed by atoms with Gasteiger partial charge >= 0.3 is 0 Å². The summed E-state index contributed by atoms with van der Waals surface area (Å²) in [4.78, 5) is 12.4. The summed E-state index contributed by atoms with van der Waals surface area (Å²) >= 11 is 0. The van der Waals surface area contributed by atoms with Crippen molar-refractivity contribution < 1.29 is 15.0 Å². The molecule has 2 atom stereocenters. The van der Waals surface area contributed by atoms with Gasteiger partial charge < -0.3 is 15.5 Å². The zero-order valence-corrected chi connectivity index (χ0v) is 40.8. The van der Waals surface area contributed by atoms with E-state index in [1.165, 1.54) is 276 Å². The van der Waals surface area contributed by atoms with Gasteiger partial charge in [-0.1, -0.05) is 309 Å². The van der Waals surface area contributed by atoms with Crippen LogP contribution in [0.15, 0.2) is 0 Å². The Kier molecular flexibility index (Phi) is 51.2. The van der Waals surface area contributed by atoms with Gasteiger partial charge in [0.15, 0.2) is 0 Å². The van der Waals surface area contributed by atoms with Gasteiger partial charge in [0.05, 0.1) is 18.8 Å². The van der Waals surface area contributed by atoms with E-state index in [1.54, 1.807) is 0 Å². The van der Waals surface area contributed by atoms with E-state index >= 15 is 0 Å². The summed E-state index contributed by atoms with van der Waals surface area (Å²) < 4.78 is 0. The Labute approximate surface area is 372 Å². The lowest BCUT2D eigenvalue weighted by molar-refractivity contribution is -0.123. The van der Waals surface area contributed by atoms with Crippen LogP contribution in [0.1, 0.15) is 328 Å². The fourth-order valence-electron chi connectivity index (χ4n) is 9.13. The normalized spacial score (nSPS) is 12.7. The molecule has 0 bridgehead atoms. The molecular weight excluding hydrogens is 723 g/mol. The van der Waals surface area contributed by atoms with Crippen LogP contribution in [0.5, 0.6) is 0 Å². The van der Waals surface area contributed by atoms with Gasteiger partial charge in [-0.05, 0) is 12.8 Å². The van der Waals surface area contributed by atoms with E-state index in [1.807, 2.05) is 0 Å². The molecule has 0 heterocycles. The quantitative estimate of drug-likeness (QED) is 0.0535. The van der Waals surface area contributed by atoms with Crippen molar-refractivity contribution in [2.45, 2.75) is 341 Å².